The monoisotopic (exact) mass is 1130 g/mol. The standard InChI is InChI=1S/C54H72N10O13S2/c1-6-55-52(75)63-40(25-32-15-9-7-10-16-32)47(69)61-42-29-78-79-30-43(51(73)74)62-50(72)44(31(2)65)64-45(67)38(19-11-8-14-24-56-53(76)77-54(3,4)5)58-48(70)41(27-34-28-57-37-18-13-12-17-36(34)37)60-46(68)39(59-49(42)71)26-33-20-22-35(66)23-21-33/h7,9-10,12-13,15-18,20-23,28,31,38-44,57,65-66H,6,8,11,14,19,24-27,29-30H2,1-5H3,(H,56,76)(H,58,70)(H,59,71)(H,60,68)(H,61,69)(H,62,72)(H,64,67)(H,73,74)(H2,55,63,75)/t31-,38+,39+,40-,41-,42+,43+,44+/m1/s1. The summed E-state index contributed by atoms with van der Waals surface area (Å²) < 4.78 is 5.30. The van der Waals surface area contributed by atoms with Gasteiger partial charge < -0.3 is 72.9 Å². The number of phenols is 1. The number of para-hydroxylation sites is 1. The summed E-state index contributed by atoms with van der Waals surface area (Å²) >= 11 is 0. The lowest BCUT2D eigenvalue weighted by molar-refractivity contribution is -0.142. The van der Waals surface area contributed by atoms with Crippen molar-refractivity contribution >= 4 is 86.0 Å². The van der Waals surface area contributed by atoms with E-state index < -0.39 is 108 Å². The van der Waals surface area contributed by atoms with Crippen molar-refractivity contribution in [2.45, 2.75) is 134 Å². The number of carbonyl (C=O) groups excluding carboxylic acids is 8. The van der Waals surface area contributed by atoms with Crippen molar-refractivity contribution in [3.05, 3.63) is 102 Å². The molecule has 9 amide bonds. The summed E-state index contributed by atoms with van der Waals surface area (Å²) in [6, 6.07) is 10.8. The van der Waals surface area contributed by atoms with Gasteiger partial charge >= 0.3 is 18.1 Å². The predicted octanol–water partition coefficient (Wildman–Crippen LogP) is 2.44. The number of nitrogens with one attached hydrogen (secondary N) is 10. The largest absolute Gasteiger partial charge is 0.508 e. The number of aromatic amines is 1. The number of benzene rings is 3. The van der Waals surface area contributed by atoms with Crippen LogP contribution in [0.15, 0.2) is 85.1 Å². The van der Waals surface area contributed by atoms with Crippen LogP contribution in [0.25, 0.3) is 10.9 Å². The van der Waals surface area contributed by atoms with Crippen LogP contribution in [0.2, 0.25) is 0 Å². The minimum atomic E-state index is -1.72. The maximum absolute atomic E-state index is 14.9. The molecular formula is C54H72N10O13S2. The molecule has 428 valence electrons. The van der Waals surface area contributed by atoms with Gasteiger partial charge in [-0.3, -0.25) is 28.8 Å². The van der Waals surface area contributed by atoms with E-state index in [1.165, 1.54) is 31.2 Å². The molecule has 0 bridgehead atoms. The Labute approximate surface area is 465 Å². The maximum Gasteiger partial charge on any atom is 0.407 e. The predicted molar refractivity (Wildman–Crippen MR) is 298 cm³/mol. The molecule has 23 nitrogen and oxygen atoms in total. The van der Waals surface area contributed by atoms with Crippen LogP contribution in [0.1, 0.15) is 77.0 Å². The van der Waals surface area contributed by atoms with Crippen LogP contribution in [0.3, 0.4) is 0 Å². The number of phenolic OH excluding ortho intramolecular Hbond substituents is 1. The number of aliphatic hydroxyl groups excluding tert-OH is 1. The first-order valence-corrected chi connectivity index (χ1v) is 28.4. The summed E-state index contributed by atoms with van der Waals surface area (Å²) in [6.07, 6.45) is 0.217. The van der Waals surface area contributed by atoms with Crippen LogP contribution in [0, 0.1) is 0 Å². The van der Waals surface area contributed by atoms with Crippen LogP contribution >= 0.6 is 21.6 Å². The first kappa shape index (κ1) is 62.3. The second-order valence-corrected chi connectivity index (χ2v) is 22.5. The average molecular weight is 1130 g/mol. The lowest BCUT2D eigenvalue weighted by atomic mass is 10.0. The fourth-order valence-electron chi connectivity index (χ4n) is 8.26. The summed E-state index contributed by atoms with van der Waals surface area (Å²) in [5.41, 5.74) is 1.73. The van der Waals surface area contributed by atoms with Crippen molar-refractivity contribution in [1.29, 1.82) is 0 Å². The van der Waals surface area contributed by atoms with E-state index >= 15 is 0 Å². The number of carbonyl (C=O) groups is 9. The molecule has 79 heavy (non-hydrogen) atoms. The van der Waals surface area contributed by atoms with Crippen LogP contribution in [0.4, 0.5) is 9.59 Å². The lowest BCUT2D eigenvalue weighted by Crippen LogP contribution is -2.62. The van der Waals surface area contributed by atoms with Crippen molar-refractivity contribution in [2.24, 2.45) is 0 Å². The number of hydrogen-bond acceptors (Lipinski definition) is 14. The fraction of sp³-hybridized carbons (Fsp3) is 0.463. The van der Waals surface area contributed by atoms with Gasteiger partial charge in [0.15, 0.2) is 0 Å². The Balaban J connectivity index is 1.54. The average Bonchev–Trinajstić information content (AvgIpc) is 3.88. The van der Waals surface area contributed by atoms with Crippen LogP contribution in [-0.2, 0) is 57.6 Å². The van der Waals surface area contributed by atoms with Gasteiger partial charge in [0.2, 0.25) is 35.4 Å². The number of rotatable bonds is 18. The van der Waals surface area contributed by atoms with E-state index in [2.05, 4.69) is 52.8 Å². The highest BCUT2D eigenvalue weighted by Gasteiger charge is 2.36. The molecule has 1 saturated heterocycles. The van der Waals surface area contributed by atoms with E-state index in [0.29, 0.717) is 34.9 Å². The number of urea groups is 1. The first-order valence-electron chi connectivity index (χ1n) is 26.0. The second kappa shape index (κ2) is 30.6. The normalized spacial score (nSPS) is 20.9. The summed E-state index contributed by atoms with van der Waals surface area (Å²) in [4.78, 5) is 128. The van der Waals surface area contributed by atoms with E-state index in [1.54, 1.807) is 70.3 Å². The number of carboxylic acid groups (broad SMARTS) is 1. The van der Waals surface area contributed by atoms with Crippen molar-refractivity contribution in [2.75, 3.05) is 24.6 Å². The number of alkyl carbamates (subject to hydrolysis) is 1. The summed E-state index contributed by atoms with van der Waals surface area (Å²) in [5.74, 6) is -7.49. The molecule has 0 spiro atoms. The number of ether oxygens (including phenoxy) is 1. The van der Waals surface area contributed by atoms with E-state index in [1.807, 2.05) is 18.2 Å². The van der Waals surface area contributed by atoms with Crippen molar-refractivity contribution < 1.29 is 63.2 Å². The van der Waals surface area contributed by atoms with Gasteiger partial charge in [0.05, 0.1) is 6.10 Å². The van der Waals surface area contributed by atoms with Gasteiger partial charge in [-0.25, -0.2) is 14.4 Å². The number of aromatic nitrogens is 1. The Morgan fingerprint density at radius 2 is 1.35 bits per heavy atom. The molecule has 1 fully saturated rings. The molecule has 1 aromatic heterocycles. The molecule has 0 radical (unpaired) electrons. The van der Waals surface area contributed by atoms with E-state index in [0.717, 1.165) is 27.1 Å². The third-order valence-electron chi connectivity index (χ3n) is 12.3. The molecule has 2 heterocycles. The second-order valence-electron chi connectivity index (χ2n) is 19.9. The number of amides is 9. The van der Waals surface area contributed by atoms with Crippen LogP contribution in [-0.4, -0.2) is 152 Å². The van der Waals surface area contributed by atoms with E-state index in [-0.39, 0.29) is 62.4 Å². The molecule has 0 aliphatic carbocycles. The Kier molecular flexibility index (Phi) is 24.1. The summed E-state index contributed by atoms with van der Waals surface area (Å²) in [5, 5.41) is 55.7. The number of carboxylic acids is 1. The summed E-state index contributed by atoms with van der Waals surface area (Å²) in [7, 11) is 1.86. The SMILES string of the molecule is CCNC(=O)N[C@H](Cc1ccccc1)C(=O)N[C@H]1CSSC[C@@H](C(=O)O)NC(=O)[C@H]([C@@H](C)O)NC(=O)[C@H](CCCCCNC(=O)OC(C)(C)C)NC(=O)[C@@H](Cc2c[nH]c3ccccc23)NC(=O)[C@H](Cc2ccc(O)cc2)NC1=O. The maximum atomic E-state index is 14.9. The van der Waals surface area contributed by atoms with Gasteiger partial charge in [-0.2, -0.15) is 0 Å². The number of hydrogen-bond donors (Lipinski definition) is 13. The highest BCUT2D eigenvalue weighted by Crippen LogP contribution is 2.25. The Bertz CT molecular complexity index is 2720. The Morgan fingerprint density at radius 3 is 2.03 bits per heavy atom. The van der Waals surface area contributed by atoms with Crippen LogP contribution < -0.4 is 47.9 Å². The molecule has 25 heteroatoms. The van der Waals surface area contributed by atoms with Gasteiger partial charge in [0.25, 0.3) is 0 Å². The van der Waals surface area contributed by atoms with Gasteiger partial charge in [0.1, 0.15) is 53.6 Å². The topological polar surface area (TPSA) is 348 Å². The molecule has 0 unspecified atom stereocenters. The molecule has 0 saturated carbocycles. The fourth-order valence-corrected chi connectivity index (χ4v) is 10.6. The molecule has 8 atom stereocenters. The van der Waals surface area contributed by atoms with Crippen molar-refractivity contribution in [3.63, 3.8) is 0 Å². The van der Waals surface area contributed by atoms with E-state index in [9.17, 15) is 58.5 Å². The minimum Gasteiger partial charge on any atom is -0.508 e. The van der Waals surface area contributed by atoms with Crippen molar-refractivity contribution in [1.82, 2.24) is 52.8 Å². The number of aliphatic carboxylic acids is 1. The van der Waals surface area contributed by atoms with Crippen LogP contribution in [0.5, 0.6) is 5.75 Å². The van der Waals surface area contributed by atoms with Gasteiger partial charge in [-0.15, -0.1) is 0 Å². The molecule has 4 aromatic rings. The number of fused-ring (bicyclic) bond motifs is 1. The summed E-state index contributed by atoms with van der Waals surface area (Å²) in [6.45, 7) is 8.55. The van der Waals surface area contributed by atoms with Gasteiger partial charge in [-0.1, -0.05) is 95.1 Å². The van der Waals surface area contributed by atoms with Gasteiger partial charge in [-0.05, 0) is 82.3 Å². The third kappa shape index (κ3) is 20.7. The number of unbranched alkanes of at least 4 members (excludes halogenated alkanes) is 2. The van der Waals surface area contributed by atoms with Crippen molar-refractivity contribution in [3.8, 4) is 5.75 Å². The Hall–Kier alpha value is -7.51. The third-order valence-corrected chi connectivity index (χ3v) is 14.7. The van der Waals surface area contributed by atoms with E-state index in [4.69, 9.17) is 4.74 Å². The molecular weight excluding hydrogens is 1060 g/mol. The molecule has 5 rings (SSSR count). The quantitative estimate of drug-likeness (QED) is 0.0503. The molecule has 13 N–H and O–H groups in total. The molecule has 1 aliphatic heterocycles. The minimum absolute atomic E-state index is 0.00782. The zero-order chi connectivity index (χ0) is 57.6. The number of aliphatic hydroxyl groups is 1. The van der Waals surface area contributed by atoms with Gasteiger partial charge in [0, 0.05) is 61.0 Å². The Morgan fingerprint density at radius 1 is 0.722 bits per heavy atom. The first-order chi connectivity index (χ1) is 37.6. The zero-order valence-electron chi connectivity index (χ0n) is 44.7. The molecule has 1 aliphatic rings. The highest BCUT2D eigenvalue weighted by atomic mass is 33.1. The molecule has 3 aromatic carbocycles. The number of H-pyrrole nitrogens is 1. The lowest BCUT2D eigenvalue weighted by Gasteiger charge is -2.29. The smallest absolute Gasteiger partial charge is 0.407 e. The number of aromatic hydroxyl groups is 1. The highest BCUT2D eigenvalue weighted by molar-refractivity contribution is 8.76. The zero-order valence-corrected chi connectivity index (χ0v) is 46.4.